The summed E-state index contributed by atoms with van der Waals surface area (Å²) < 4.78 is 19.0. The molecule has 0 radical (unpaired) electrons. The van der Waals surface area contributed by atoms with E-state index < -0.39 is 29.3 Å². The van der Waals surface area contributed by atoms with Gasteiger partial charge in [-0.3, -0.25) is 14.5 Å². The van der Waals surface area contributed by atoms with Gasteiger partial charge >= 0.3 is 0 Å². The average Bonchev–Trinajstić information content (AvgIpc) is 3.10. The van der Waals surface area contributed by atoms with E-state index in [0.717, 1.165) is 0 Å². The highest BCUT2D eigenvalue weighted by molar-refractivity contribution is 6.51. The van der Waals surface area contributed by atoms with Gasteiger partial charge in [-0.2, -0.15) is 5.26 Å². The smallest absolute Gasteiger partial charge is 0.300 e. The van der Waals surface area contributed by atoms with Gasteiger partial charge in [0.1, 0.15) is 17.3 Å². The van der Waals surface area contributed by atoms with E-state index in [9.17, 15) is 19.1 Å². The van der Waals surface area contributed by atoms with Gasteiger partial charge in [-0.15, -0.1) is 0 Å². The number of aryl methyl sites for hydroxylation is 1. The molecule has 3 aromatic carbocycles. The molecule has 1 N–H and O–H groups in total. The highest BCUT2D eigenvalue weighted by Crippen LogP contribution is 2.42. The van der Waals surface area contributed by atoms with Crippen molar-refractivity contribution in [2.45, 2.75) is 13.0 Å². The highest BCUT2D eigenvalue weighted by Gasteiger charge is 2.47. The number of ketones is 1. The Kier molecular flexibility index (Phi) is 5.67. The van der Waals surface area contributed by atoms with Crippen molar-refractivity contribution in [2.24, 2.45) is 0 Å². The predicted molar refractivity (Wildman–Crippen MR) is 120 cm³/mol. The number of halogens is 1. The molecule has 0 aromatic heterocycles. The number of hydrogen-bond donors (Lipinski definition) is 1. The van der Waals surface area contributed by atoms with Crippen LogP contribution >= 0.6 is 0 Å². The number of carbonyl (C=O) groups is 2. The molecular weight excluding hydrogens is 423 g/mol. The molecule has 1 amide bonds. The fourth-order valence-electron chi connectivity index (χ4n) is 3.84. The number of rotatable bonds is 4. The van der Waals surface area contributed by atoms with Gasteiger partial charge in [-0.05, 0) is 72.6 Å². The molecular formula is C26H19FN2O4. The second-order valence-electron chi connectivity index (χ2n) is 7.56. The van der Waals surface area contributed by atoms with E-state index in [1.807, 2.05) is 6.07 Å². The molecule has 1 fully saturated rings. The van der Waals surface area contributed by atoms with E-state index in [1.54, 1.807) is 55.5 Å². The Labute approximate surface area is 189 Å². The van der Waals surface area contributed by atoms with Crippen LogP contribution < -0.4 is 9.64 Å². The van der Waals surface area contributed by atoms with Crippen molar-refractivity contribution in [3.05, 3.63) is 100 Å². The van der Waals surface area contributed by atoms with Crippen LogP contribution in [-0.2, 0) is 9.59 Å². The lowest BCUT2D eigenvalue weighted by Gasteiger charge is -2.25. The van der Waals surface area contributed by atoms with E-state index >= 15 is 0 Å². The largest absolute Gasteiger partial charge is 0.507 e. The summed E-state index contributed by atoms with van der Waals surface area (Å²) in [6, 6.07) is 18.1. The zero-order valence-electron chi connectivity index (χ0n) is 17.9. The van der Waals surface area contributed by atoms with Crippen LogP contribution in [0.1, 0.15) is 28.3 Å². The number of Topliss-reactive ketones (excluding diaryl/α,β-unsaturated/α-hetero) is 1. The maximum Gasteiger partial charge on any atom is 0.300 e. The molecule has 0 bridgehead atoms. The number of amides is 1. The van der Waals surface area contributed by atoms with Crippen LogP contribution in [-0.4, -0.2) is 23.9 Å². The number of nitriles is 1. The lowest BCUT2D eigenvalue weighted by Crippen LogP contribution is -2.29. The normalized spacial score (nSPS) is 17.2. The van der Waals surface area contributed by atoms with E-state index in [4.69, 9.17) is 10.00 Å². The van der Waals surface area contributed by atoms with E-state index in [1.165, 1.54) is 30.2 Å². The van der Waals surface area contributed by atoms with Gasteiger partial charge in [0.2, 0.25) is 0 Å². The van der Waals surface area contributed by atoms with Crippen LogP contribution in [0.2, 0.25) is 0 Å². The number of nitrogens with zero attached hydrogens (tertiary/aromatic N) is 2. The zero-order chi connectivity index (χ0) is 23.7. The number of methoxy groups -OCH3 is 1. The van der Waals surface area contributed by atoms with Crippen LogP contribution in [0.3, 0.4) is 0 Å². The van der Waals surface area contributed by atoms with Crippen molar-refractivity contribution >= 4 is 23.1 Å². The first-order valence-electron chi connectivity index (χ1n) is 10.1. The van der Waals surface area contributed by atoms with Gasteiger partial charge < -0.3 is 9.84 Å². The van der Waals surface area contributed by atoms with Crippen LogP contribution in [0.5, 0.6) is 5.75 Å². The first-order valence-corrected chi connectivity index (χ1v) is 10.1. The standard InChI is InChI=1S/C26H19FN2O4/c1-15-13-18(7-12-21(15)27)24(30)22-23(17-5-10-20(33-2)11-6-17)29(26(32)25(22)31)19-8-3-16(14-28)4-9-19/h3-13,23,30H,1-2H3/b24-22-. The molecule has 1 unspecified atom stereocenters. The van der Waals surface area contributed by atoms with Gasteiger partial charge in [0.25, 0.3) is 11.7 Å². The lowest BCUT2D eigenvalue weighted by molar-refractivity contribution is -0.132. The second kappa shape index (κ2) is 8.60. The van der Waals surface area contributed by atoms with Gasteiger partial charge in [0.05, 0.1) is 30.4 Å². The van der Waals surface area contributed by atoms with Gasteiger partial charge in [0.15, 0.2) is 0 Å². The van der Waals surface area contributed by atoms with Crippen LogP contribution in [0.25, 0.3) is 5.76 Å². The van der Waals surface area contributed by atoms with Gasteiger partial charge in [-0.25, -0.2) is 4.39 Å². The van der Waals surface area contributed by atoms with Crippen LogP contribution in [0, 0.1) is 24.1 Å². The van der Waals surface area contributed by atoms with Crippen molar-refractivity contribution in [3.8, 4) is 11.8 Å². The van der Waals surface area contributed by atoms with Crippen LogP contribution in [0.15, 0.2) is 72.3 Å². The molecule has 4 rings (SSSR count). The molecule has 7 heteroatoms. The highest BCUT2D eigenvalue weighted by atomic mass is 19.1. The summed E-state index contributed by atoms with van der Waals surface area (Å²) in [5.41, 5.74) is 1.77. The zero-order valence-corrected chi connectivity index (χ0v) is 17.9. The summed E-state index contributed by atoms with van der Waals surface area (Å²) >= 11 is 0. The molecule has 6 nitrogen and oxygen atoms in total. The minimum Gasteiger partial charge on any atom is -0.507 e. The van der Waals surface area contributed by atoms with Crippen molar-refractivity contribution in [1.29, 1.82) is 5.26 Å². The predicted octanol–water partition coefficient (Wildman–Crippen LogP) is 4.64. The average molecular weight is 442 g/mol. The monoisotopic (exact) mass is 442 g/mol. The Morgan fingerprint density at radius 2 is 1.73 bits per heavy atom. The molecule has 1 saturated heterocycles. The minimum absolute atomic E-state index is 0.111. The molecule has 1 aliphatic rings. The van der Waals surface area contributed by atoms with E-state index in [2.05, 4.69) is 0 Å². The lowest BCUT2D eigenvalue weighted by atomic mass is 9.94. The number of aliphatic hydroxyl groups excluding tert-OH is 1. The summed E-state index contributed by atoms with van der Waals surface area (Å²) in [6.45, 7) is 1.54. The molecule has 1 heterocycles. The molecule has 164 valence electrons. The molecule has 3 aromatic rings. The third kappa shape index (κ3) is 3.83. The summed E-state index contributed by atoms with van der Waals surface area (Å²) in [7, 11) is 1.52. The molecule has 0 aliphatic carbocycles. The minimum atomic E-state index is -0.936. The Morgan fingerprint density at radius 1 is 1.06 bits per heavy atom. The van der Waals surface area contributed by atoms with Crippen molar-refractivity contribution in [3.63, 3.8) is 0 Å². The molecule has 1 aliphatic heterocycles. The van der Waals surface area contributed by atoms with Crippen LogP contribution in [0.4, 0.5) is 10.1 Å². The van der Waals surface area contributed by atoms with Crippen molar-refractivity contribution < 1.29 is 23.8 Å². The van der Waals surface area contributed by atoms with Crippen molar-refractivity contribution in [2.75, 3.05) is 12.0 Å². The first-order chi connectivity index (χ1) is 15.8. The van der Waals surface area contributed by atoms with Gasteiger partial charge in [-0.1, -0.05) is 12.1 Å². The number of ether oxygens (including phenoxy) is 1. The Balaban J connectivity index is 1.93. The molecule has 33 heavy (non-hydrogen) atoms. The third-order valence-electron chi connectivity index (χ3n) is 5.58. The number of anilines is 1. The van der Waals surface area contributed by atoms with E-state index in [-0.39, 0.29) is 11.1 Å². The maximum absolute atomic E-state index is 13.8. The fourth-order valence-corrected chi connectivity index (χ4v) is 3.84. The molecule has 0 saturated carbocycles. The second-order valence-corrected chi connectivity index (χ2v) is 7.56. The number of carbonyl (C=O) groups excluding carboxylic acids is 2. The summed E-state index contributed by atoms with van der Waals surface area (Å²) in [5.74, 6) is -1.94. The summed E-state index contributed by atoms with van der Waals surface area (Å²) in [6.07, 6.45) is 0. The molecule has 1 atom stereocenters. The Bertz CT molecular complexity index is 1320. The SMILES string of the molecule is COc1ccc(C2/C(=C(/O)c3ccc(F)c(C)c3)C(=O)C(=O)N2c2ccc(C#N)cc2)cc1. The summed E-state index contributed by atoms with van der Waals surface area (Å²) in [5, 5.41) is 20.2. The number of benzene rings is 3. The quantitative estimate of drug-likeness (QED) is 0.361. The van der Waals surface area contributed by atoms with E-state index in [0.29, 0.717) is 28.1 Å². The molecule has 0 spiro atoms. The summed E-state index contributed by atoms with van der Waals surface area (Å²) in [4.78, 5) is 27.5. The van der Waals surface area contributed by atoms with Crippen molar-refractivity contribution in [1.82, 2.24) is 0 Å². The fraction of sp³-hybridized carbons (Fsp3) is 0.115. The Hall–Kier alpha value is -4.44. The number of hydrogen-bond acceptors (Lipinski definition) is 5. The Morgan fingerprint density at radius 3 is 2.30 bits per heavy atom. The topological polar surface area (TPSA) is 90.6 Å². The first kappa shape index (κ1) is 21.8. The maximum atomic E-state index is 13.8. The van der Waals surface area contributed by atoms with Gasteiger partial charge in [0, 0.05) is 11.3 Å². The third-order valence-corrected chi connectivity index (χ3v) is 5.58. The number of aliphatic hydroxyl groups is 1.